The first kappa shape index (κ1) is 31.0. The molecule has 2 unspecified atom stereocenters. The Bertz CT molecular complexity index is 1110. The van der Waals surface area contributed by atoms with Crippen molar-refractivity contribution < 1.29 is 14.4 Å². The molecule has 4 nitrogen and oxygen atoms in total. The summed E-state index contributed by atoms with van der Waals surface area (Å²) in [7, 11) is 0. The highest BCUT2D eigenvalue weighted by molar-refractivity contribution is 7.08. The Hall–Kier alpha value is -2.57. The van der Waals surface area contributed by atoms with Crippen LogP contribution in [-0.2, 0) is 9.63 Å². The minimum atomic E-state index is -0.542. The van der Waals surface area contributed by atoms with Gasteiger partial charge in [-0.2, -0.15) is 22.7 Å². The van der Waals surface area contributed by atoms with Gasteiger partial charge in [0.25, 0.3) is 0 Å². The summed E-state index contributed by atoms with van der Waals surface area (Å²) in [4.78, 5) is 32.7. The van der Waals surface area contributed by atoms with Crippen molar-refractivity contribution >= 4 is 40.1 Å². The molecule has 0 aliphatic rings. The van der Waals surface area contributed by atoms with Gasteiger partial charge in [0.05, 0.1) is 5.56 Å². The lowest BCUT2D eigenvalue weighted by molar-refractivity contribution is -0.114. The molecule has 6 heteroatoms. The van der Waals surface area contributed by atoms with Crippen molar-refractivity contribution in [2.45, 2.75) is 103 Å². The molecule has 210 valence electrons. The molecule has 39 heavy (non-hydrogen) atoms. The number of thiophene rings is 2. The van der Waals surface area contributed by atoms with Crippen LogP contribution in [0.15, 0.2) is 69.1 Å². The maximum Gasteiger partial charge on any atom is 0.365 e. The maximum absolute atomic E-state index is 14.4. The molecule has 0 fully saturated rings. The van der Waals surface area contributed by atoms with Crippen molar-refractivity contribution in [3.63, 3.8) is 0 Å². The van der Waals surface area contributed by atoms with Gasteiger partial charge in [0.2, 0.25) is 0 Å². The third kappa shape index (κ3) is 10.2. The molecule has 0 saturated carbocycles. The summed E-state index contributed by atoms with van der Waals surface area (Å²) >= 11 is 3.23. The average molecular weight is 566 g/mol. The van der Waals surface area contributed by atoms with E-state index in [1.165, 1.54) is 38.5 Å². The number of Topliss-reactive ketones (excluding diaryl/α,β-unsaturated/α-hetero) is 1. The van der Waals surface area contributed by atoms with Gasteiger partial charge in [-0.1, -0.05) is 101 Å². The first-order valence-corrected chi connectivity index (χ1v) is 16.5. The lowest BCUT2D eigenvalue weighted by Crippen LogP contribution is -2.29. The van der Waals surface area contributed by atoms with Crippen LogP contribution in [0.3, 0.4) is 0 Å². The fourth-order valence-electron chi connectivity index (χ4n) is 4.94. The van der Waals surface area contributed by atoms with Crippen LogP contribution in [-0.4, -0.2) is 17.5 Å². The molecule has 2 heterocycles. The molecule has 0 aliphatic carbocycles. The Balaban J connectivity index is 1.91. The van der Waals surface area contributed by atoms with E-state index in [1.807, 2.05) is 16.8 Å². The molecule has 0 radical (unpaired) electrons. The van der Waals surface area contributed by atoms with Gasteiger partial charge in [-0.15, -0.1) is 0 Å². The van der Waals surface area contributed by atoms with Crippen LogP contribution in [0.1, 0.15) is 124 Å². The Morgan fingerprint density at radius 1 is 0.718 bits per heavy atom. The summed E-state index contributed by atoms with van der Waals surface area (Å²) in [5, 5.41) is 12.6. The van der Waals surface area contributed by atoms with Crippen LogP contribution in [0.4, 0.5) is 0 Å². The normalized spacial score (nSPS) is 13.2. The van der Waals surface area contributed by atoms with Gasteiger partial charge in [-0.25, -0.2) is 4.79 Å². The number of rotatable bonds is 19. The van der Waals surface area contributed by atoms with Crippen molar-refractivity contribution in [1.82, 2.24) is 0 Å². The Kier molecular flexibility index (Phi) is 14.2. The topological polar surface area (TPSA) is 55.7 Å². The quantitative estimate of drug-likeness (QED) is 0.0629. The molecular weight excluding hydrogens is 523 g/mol. The van der Waals surface area contributed by atoms with Crippen LogP contribution in [0, 0.1) is 0 Å². The third-order valence-corrected chi connectivity index (χ3v) is 8.62. The molecule has 3 rings (SSSR count). The summed E-state index contributed by atoms with van der Waals surface area (Å²) in [5.41, 5.74) is 2.91. The van der Waals surface area contributed by atoms with E-state index < -0.39 is 5.97 Å². The number of nitrogens with zero attached hydrogens (tertiary/aromatic N) is 1. The predicted molar refractivity (Wildman–Crippen MR) is 165 cm³/mol. The first-order valence-electron chi connectivity index (χ1n) is 14.6. The molecule has 0 N–H and O–H groups in total. The second-order valence-corrected chi connectivity index (χ2v) is 11.8. The van der Waals surface area contributed by atoms with E-state index in [0.29, 0.717) is 11.3 Å². The van der Waals surface area contributed by atoms with E-state index in [0.717, 1.165) is 49.7 Å². The molecule has 1 aromatic carbocycles. The Morgan fingerprint density at radius 3 is 1.79 bits per heavy atom. The van der Waals surface area contributed by atoms with Gasteiger partial charge < -0.3 is 4.84 Å². The van der Waals surface area contributed by atoms with E-state index in [2.05, 4.69) is 41.9 Å². The zero-order valence-corrected chi connectivity index (χ0v) is 25.1. The standard InChI is InChI=1S/C33H43NO3S2/c1-3-5-7-9-14-18-29(27-20-22-38-24-27)31(34-37-33(36)26-16-12-11-13-17-26)32(35)30(28-21-23-39-25-28)19-15-10-8-6-4-2/h11-13,16-17,20-25,29-30H,3-10,14-15,18-19H2,1-2H3. The van der Waals surface area contributed by atoms with Crippen LogP contribution < -0.4 is 0 Å². The van der Waals surface area contributed by atoms with Gasteiger partial charge in [0, 0.05) is 11.8 Å². The molecule has 0 aliphatic heterocycles. The minimum absolute atomic E-state index is 0.0190. The molecule has 3 aromatic rings. The molecule has 0 amide bonds. The van der Waals surface area contributed by atoms with E-state index in [1.54, 1.807) is 46.9 Å². The van der Waals surface area contributed by atoms with Crippen LogP contribution >= 0.6 is 22.7 Å². The lowest BCUT2D eigenvalue weighted by Gasteiger charge is -2.22. The molecule has 0 bridgehead atoms. The highest BCUT2D eigenvalue weighted by Gasteiger charge is 2.32. The van der Waals surface area contributed by atoms with E-state index in [-0.39, 0.29) is 17.6 Å². The zero-order chi connectivity index (χ0) is 27.7. The van der Waals surface area contributed by atoms with E-state index in [9.17, 15) is 9.59 Å². The number of oxime groups is 1. The molecule has 0 saturated heterocycles. The van der Waals surface area contributed by atoms with Crippen LogP contribution in [0.5, 0.6) is 0 Å². The highest BCUT2D eigenvalue weighted by Crippen LogP contribution is 2.33. The fourth-order valence-corrected chi connectivity index (χ4v) is 6.37. The van der Waals surface area contributed by atoms with Gasteiger partial charge in [-0.3, -0.25) is 4.79 Å². The molecular formula is C33H43NO3S2. The van der Waals surface area contributed by atoms with Gasteiger partial charge >= 0.3 is 5.97 Å². The monoisotopic (exact) mass is 565 g/mol. The molecule has 2 atom stereocenters. The number of carbonyl (C=O) groups is 2. The summed E-state index contributed by atoms with van der Waals surface area (Å²) in [6.07, 6.45) is 13.0. The van der Waals surface area contributed by atoms with Crippen LogP contribution in [0.2, 0.25) is 0 Å². The summed E-state index contributed by atoms with van der Waals surface area (Å²) in [6.45, 7) is 4.43. The van der Waals surface area contributed by atoms with E-state index >= 15 is 0 Å². The van der Waals surface area contributed by atoms with Crippen LogP contribution in [0.25, 0.3) is 0 Å². The molecule has 0 spiro atoms. The highest BCUT2D eigenvalue weighted by atomic mass is 32.1. The largest absolute Gasteiger partial charge is 0.365 e. The zero-order valence-electron chi connectivity index (χ0n) is 23.5. The summed E-state index contributed by atoms with van der Waals surface area (Å²) < 4.78 is 0. The maximum atomic E-state index is 14.4. The number of hydrogen-bond acceptors (Lipinski definition) is 6. The van der Waals surface area contributed by atoms with E-state index in [4.69, 9.17) is 4.84 Å². The lowest BCUT2D eigenvalue weighted by atomic mass is 9.81. The van der Waals surface area contributed by atoms with Crippen molar-refractivity contribution in [1.29, 1.82) is 0 Å². The van der Waals surface area contributed by atoms with Gasteiger partial charge in [0.1, 0.15) is 5.71 Å². The fraction of sp³-hybridized carbons (Fsp3) is 0.485. The van der Waals surface area contributed by atoms with Gasteiger partial charge in [0.15, 0.2) is 5.78 Å². The minimum Gasteiger partial charge on any atom is -0.312 e. The summed E-state index contributed by atoms with van der Waals surface area (Å²) in [5.74, 6) is -1.04. The van der Waals surface area contributed by atoms with Gasteiger partial charge in [-0.05, 0) is 69.8 Å². The van der Waals surface area contributed by atoms with Crippen molar-refractivity contribution in [2.24, 2.45) is 5.16 Å². The second-order valence-electron chi connectivity index (χ2n) is 10.2. The number of ketones is 1. The van der Waals surface area contributed by atoms with Crippen molar-refractivity contribution in [3.8, 4) is 0 Å². The first-order chi connectivity index (χ1) is 19.2. The Morgan fingerprint density at radius 2 is 1.26 bits per heavy atom. The number of hydrogen-bond donors (Lipinski definition) is 0. The van der Waals surface area contributed by atoms with Crippen molar-refractivity contribution in [3.05, 3.63) is 80.7 Å². The SMILES string of the molecule is CCCCCCCC(C(=O)C(=NOC(=O)c1ccccc1)C(CCCCCCC)c1ccsc1)c1ccsc1. The average Bonchev–Trinajstić information content (AvgIpc) is 3.69. The third-order valence-electron chi connectivity index (χ3n) is 7.22. The number of carbonyl (C=O) groups excluding carboxylic acids is 2. The number of benzene rings is 1. The smallest absolute Gasteiger partial charge is 0.312 e. The Labute approximate surface area is 242 Å². The predicted octanol–water partition coefficient (Wildman–Crippen LogP) is 10.2. The van der Waals surface area contributed by atoms with Crippen molar-refractivity contribution in [2.75, 3.05) is 0 Å². The molecule has 2 aromatic heterocycles. The second kappa shape index (κ2) is 17.9. The summed E-state index contributed by atoms with van der Waals surface area (Å²) in [6, 6.07) is 13.0. The number of unbranched alkanes of at least 4 members (excludes halogenated alkanes) is 8.